The van der Waals surface area contributed by atoms with Gasteiger partial charge in [0.05, 0.1) is 6.54 Å². The Labute approximate surface area is 112 Å². The van der Waals surface area contributed by atoms with Crippen molar-refractivity contribution < 1.29 is 9.53 Å². The van der Waals surface area contributed by atoms with E-state index in [4.69, 9.17) is 4.74 Å². The third kappa shape index (κ3) is 7.57. The minimum absolute atomic E-state index is 0.131. The first kappa shape index (κ1) is 15.3. The molecule has 1 fully saturated rings. The Kier molecular flexibility index (Phi) is 8.70. The van der Waals surface area contributed by atoms with Gasteiger partial charge in [0.2, 0.25) is 0 Å². The van der Waals surface area contributed by atoms with Crippen molar-refractivity contribution in [3.63, 3.8) is 0 Å². The van der Waals surface area contributed by atoms with Crippen LogP contribution in [0.1, 0.15) is 77.6 Å². The lowest BCUT2D eigenvalue weighted by molar-refractivity contribution is 0.134. The van der Waals surface area contributed by atoms with Crippen LogP contribution >= 0.6 is 0 Å². The molecule has 1 aliphatic rings. The van der Waals surface area contributed by atoms with Crippen molar-refractivity contribution in [3.05, 3.63) is 0 Å². The van der Waals surface area contributed by atoms with Crippen molar-refractivity contribution in [1.82, 2.24) is 5.32 Å². The SMILES string of the molecule is CCCCCCCCCCCCC1CNC(=O)O1. The second kappa shape index (κ2) is 10.2. The van der Waals surface area contributed by atoms with Gasteiger partial charge in [-0.05, 0) is 12.8 Å². The maximum atomic E-state index is 10.8. The summed E-state index contributed by atoms with van der Waals surface area (Å²) in [5.74, 6) is 0. The molecule has 0 spiro atoms. The fourth-order valence-corrected chi connectivity index (χ4v) is 2.45. The number of ether oxygens (including phenoxy) is 1. The smallest absolute Gasteiger partial charge is 0.407 e. The number of carbonyl (C=O) groups is 1. The average Bonchev–Trinajstić information content (AvgIpc) is 2.77. The summed E-state index contributed by atoms with van der Waals surface area (Å²) in [6, 6.07) is 0. The second-order valence-corrected chi connectivity index (χ2v) is 5.38. The number of carbonyl (C=O) groups excluding carboxylic acids is 1. The molecule has 3 nitrogen and oxygen atoms in total. The number of amides is 1. The normalized spacial score (nSPS) is 18.7. The number of cyclic esters (lactones) is 1. The van der Waals surface area contributed by atoms with E-state index in [0.29, 0.717) is 6.54 Å². The highest BCUT2D eigenvalue weighted by Crippen LogP contribution is 2.14. The predicted molar refractivity (Wildman–Crippen MR) is 74.7 cm³/mol. The Hall–Kier alpha value is -0.730. The van der Waals surface area contributed by atoms with Gasteiger partial charge < -0.3 is 10.1 Å². The zero-order valence-electron chi connectivity index (χ0n) is 11.9. The Bertz CT molecular complexity index is 219. The molecule has 1 atom stereocenters. The van der Waals surface area contributed by atoms with Crippen LogP contribution in [0.2, 0.25) is 0 Å². The maximum Gasteiger partial charge on any atom is 0.407 e. The first-order valence-electron chi connectivity index (χ1n) is 7.77. The van der Waals surface area contributed by atoms with Crippen LogP contribution in [-0.2, 0) is 4.74 Å². The molecule has 0 aromatic carbocycles. The van der Waals surface area contributed by atoms with Gasteiger partial charge in [-0.15, -0.1) is 0 Å². The lowest BCUT2D eigenvalue weighted by Crippen LogP contribution is -2.14. The third-order valence-corrected chi connectivity index (χ3v) is 3.63. The van der Waals surface area contributed by atoms with Gasteiger partial charge in [0.15, 0.2) is 0 Å². The monoisotopic (exact) mass is 255 g/mol. The maximum absolute atomic E-state index is 10.8. The van der Waals surface area contributed by atoms with E-state index < -0.39 is 0 Å². The molecule has 1 heterocycles. The fraction of sp³-hybridized carbons (Fsp3) is 0.933. The van der Waals surface area contributed by atoms with Crippen LogP contribution in [0.3, 0.4) is 0 Å². The van der Waals surface area contributed by atoms with E-state index in [2.05, 4.69) is 12.2 Å². The summed E-state index contributed by atoms with van der Waals surface area (Å²) in [6.07, 6.45) is 14.4. The van der Waals surface area contributed by atoms with Gasteiger partial charge in [-0.3, -0.25) is 0 Å². The van der Waals surface area contributed by atoms with E-state index in [9.17, 15) is 4.79 Å². The lowest BCUT2D eigenvalue weighted by Gasteiger charge is -2.06. The molecule has 1 aliphatic heterocycles. The van der Waals surface area contributed by atoms with Crippen LogP contribution in [0, 0.1) is 0 Å². The second-order valence-electron chi connectivity index (χ2n) is 5.38. The van der Waals surface area contributed by atoms with Gasteiger partial charge in [-0.2, -0.15) is 0 Å². The molecule has 0 aliphatic carbocycles. The molecule has 0 bridgehead atoms. The number of unbranched alkanes of at least 4 members (excludes halogenated alkanes) is 9. The van der Waals surface area contributed by atoms with E-state index in [1.807, 2.05) is 0 Å². The summed E-state index contributed by atoms with van der Waals surface area (Å²) in [7, 11) is 0. The van der Waals surface area contributed by atoms with E-state index in [1.165, 1.54) is 64.2 Å². The van der Waals surface area contributed by atoms with E-state index in [1.54, 1.807) is 0 Å². The summed E-state index contributed by atoms with van der Waals surface area (Å²) < 4.78 is 5.09. The largest absolute Gasteiger partial charge is 0.444 e. The molecule has 1 saturated heterocycles. The number of rotatable bonds is 11. The Morgan fingerprint density at radius 1 is 1.00 bits per heavy atom. The van der Waals surface area contributed by atoms with Crippen LogP contribution in [0.4, 0.5) is 4.79 Å². The van der Waals surface area contributed by atoms with Gasteiger partial charge in [0, 0.05) is 0 Å². The molecular formula is C15H29NO2. The quantitative estimate of drug-likeness (QED) is 0.555. The topological polar surface area (TPSA) is 38.3 Å². The highest BCUT2D eigenvalue weighted by Gasteiger charge is 2.21. The summed E-state index contributed by atoms with van der Waals surface area (Å²) in [5.41, 5.74) is 0. The van der Waals surface area contributed by atoms with Crippen molar-refractivity contribution in [3.8, 4) is 0 Å². The first-order chi connectivity index (χ1) is 8.83. The average molecular weight is 255 g/mol. The van der Waals surface area contributed by atoms with E-state index in [-0.39, 0.29) is 12.2 Å². The van der Waals surface area contributed by atoms with E-state index >= 15 is 0 Å². The Morgan fingerprint density at radius 3 is 2.06 bits per heavy atom. The van der Waals surface area contributed by atoms with Crippen LogP contribution < -0.4 is 5.32 Å². The van der Waals surface area contributed by atoms with Gasteiger partial charge in [0.25, 0.3) is 0 Å². The lowest BCUT2D eigenvalue weighted by atomic mass is 10.0. The molecule has 0 radical (unpaired) electrons. The number of alkyl carbamates (subject to hydrolysis) is 1. The van der Waals surface area contributed by atoms with Crippen molar-refractivity contribution >= 4 is 6.09 Å². The molecule has 0 aromatic heterocycles. The van der Waals surface area contributed by atoms with E-state index in [0.717, 1.165) is 6.42 Å². The van der Waals surface area contributed by atoms with Crippen LogP contribution in [0.25, 0.3) is 0 Å². The van der Waals surface area contributed by atoms with Crippen molar-refractivity contribution in [1.29, 1.82) is 0 Å². The van der Waals surface area contributed by atoms with Crippen LogP contribution in [0.15, 0.2) is 0 Å². The van der Waals surface area contributed by atoms with Gasteiger partial charge in [0.1, 0.15) is 6.10 Å². The van der Waals surface area contributed by atoms with Crippen molar-refractivity contribution in [2.45, 2.75) is 83.7 Å². The standard InChI is InChI=1S/C15H29NO2/c1-2-3-4-5-6-7-8-9-10-11-12-14-13-16-15(17)18-14/h14H,2-13H2,1H3,(H,16,17). The van der Waals surface area contributed by atoms with Gasteiger partial charge in [-0.1, -0.05) is 64.7 Å². The molecule has 3 heteroatoms. The molecule has 0 aromatic rings. The summed E-state index contributed by atoms with van der Waals surface area (Å²) in [6.45, 7) is 2.97. The Balaban J connectivity index is 1.75. The molecule has 1 N–H and O–H groups in total. The molecule has 0 saturated carbocycles. The van der Waals surface area contributed by atoms with Crippen molar-refractivity contribution in [2.24, 2.45) is 0 Å². The highest BCUT2D eigenvalue weighted by molar-refractivity contribution is 5.69. The fourth-order valence-electron chi connectivity index (χ4n) is 2.45. The van der Waals surface area contributed by atoms with Gasteiger partial charge in [-0.25, -0.2) is 4.79 Å². The molecule has 1 amide bonds. The summed E-state index contributed by atoms with van der Waals surface area (Å²) >= 11 is 0. The molecule has 1 rings (SSSR count). The number of hydrogen-bond donors (Lipinski definition) is 1. The van der Waals surface area contributed by atoms with Crippen molar-refractivity contribution in [2.75, 3.05) is 6.54 Å². The highest BCUT2D eigenvalue weighted by atomic mass is 16.6. The molecule has 1 unspecified atom stereocenters. The molecular weight excluding hydrogens is 226 g/mol. The third-order valence-electron chi connectivity index (χ3n) is 3.63. The minimum Gasteiger partial charge on any atom is -0.444 e. The first-order valence-corrected chi connectivity index (χ1v) is 7.77. The Morgan fingerprint density at radius 2 is 1.56 bits per heavy atom. The predicted octanol–water partition coefficient (Wildman–Crippen LogP) is 4.41. The zero-order valence-corrected chi connectivity index (χ0v) is 11.9. The zero-order chi connectivity index (χ0) is 13.1. The van der Waals surface area contributed by atoms with Crippen LogP contribution in [-0.4, -0.2) is 18.7 Å². The summed E-state index contributed by atoms with van der Waals surface area (Å²) in [5, 5.41) is 2.69. The number of hydrogen-bond acceptors (Lipinski definition) is 2. The number of nitrogens with one attached hydrogen (secondary N) is 1. The molecule has 106 valence electrons. The van der Waals surface area contributed by atoms with Crippen LogP contribution in [0.5, 0.6) is 0 Å². The van der Waals surface area contributed by atoms with Gasteiger partial charge >= 0.3 is 6.09 Å². The minimum atomic E-state index is -0.243. The summed E-state index contributed by atoms with van der Waals surface area (Å²) in [4.78, 5) is 10.8. The molecule has 18 heavy (non-hydrogen) atoms.